The lowest BCUT2D eigenvalue weighted by Gasteiger charge is -2.50. The first-order valence-corrected chi connectivity index (χ1v) is 8.11. The number of nitrogens with zero attached hydrogens (tertiary/aromatic N) is 4. The number of alkyl halides is 3. The van der Waals surface area contributed by atoms with E-state index in [9.17, 15) is 18.0 Å². The average molecular weight is 400 g/mol. The van der Waals surface area contributed by atoms with Crippen LogP contribution in [0.5, 0.6) is 0 Å². The molecule has 0 spiro atoms. The molecule has 2 heterocycles. The number of halogens is 3. The summed E-state index contributed by atoms with van der Waals surface area (Å²) in [5.41, 5.74) is 6.16. The summed E-state index contributed by atoms with van der Waals surface area (Å²) >= 11 is 0. The molecule has 4 N–H and O–H groups in total. The Kier molecular flexibility index (Phi) is 6.02. The van der Waals surface area contributed by atoms with E-state index in [0.29, 0.717) is 11.5 Å². The van der Waals surface area contributed by atoms with Gasteiger partial charge in [0.05, 0.1) is 0 Å². The van der Waals surface area contributed by atoms with Crippen LogP contribution < -0.4 is 11.1 Å². The van der Waals surface area contributed by atoms with Crippen molar-refractivity contribution in [2.75, 3.05) is 0 Å². The summed E-state index contributed by atoms with van der Waals surface area (Å²) < 4.78 is 33.5. The number of carboxylic acids is 1. The highest BCUT2D eigenvalue weighted by molar-refractivity contribution is 5.92. The standard InChI is InChI=1S/C14H18N6O.C2HF3O2/c1-14(2)10(15)7-11(14)17-13(21)9-3-4-12(19-18-9)20-6-5-16-8-20;3-2(4,5)1(6)7/h3-6,8,10-11H,7,15H2,1-2H3,(H,17,21);(H,6,7). The Balaban J connectivity index is 0.000000345. The van der Waals surface area contributed by atoms with Gasteiger partial charge >= 0.3 is 12.1 Å². The lowest BCUT2D eigenvalue weighted by atomic mass is 9.63. The van der Waals surface area contributed by atoms with Crippen LogP contribution in [-0.4, -0.2) is 55.0 Å². The third-order valence-electron chi connectivity index (χ3n) is 4.54. The number of carboxylic acid groups (broad SMARTS) is 1. The molecule has 2 aromatic rings. The first-order chi connectivity index (χ1) is 12.9. The molecule has 0 aliphatic heterocycles. The molecule has 2 atom stereocenters. The van der Waals surface area contributed by atoms with Crippen molar-refractivity contribution < 1.29 is 27.9 Å². The molecule has 0 bridgehead atoms. The van der Waals surface area contributed by atoms with Crippen LogP contribution in [0, 0.1) is 5.41 Å². The van der Waals surface area contributed by atoms with E-state index in [0.717, 1.165) is 6.42 Å². The summed E-state index contributed by atoms with van der Waals surface area (Å²) in [5.74, 6) is -2.35. The average Bonchev–Trinajstić information content (AvgIpc) is 3.16. The van der Waals surface area contributed by atoms with Crippen LogP contribution in [-0.2, 0) is 4.79 Å². The van der Waals surface area contributed by atoms with Crippen LogP contribution in [0.15, 0.2) is 30.9 Å². The SMILES string of the molecule is CC1(C)C(N)CC1NC(=O)c1ccc(-n2ccnc2)nn1.O=C(O)C(F)(F)F. The van der Waals surface area contributed by atoms with Crippen molar-refractivity contribution in [3.8, 4) is 5.82 Å². The molecule has 3 rings (SSSR count). The summed E-state index contributed by atoms with van der Waals surface area (Å²) in [7, 11) is 0. The molecular weight excluding hydrogens is 381 g/mol. The Morgan fingerprint density at radius 3 is 2.36 bits per heavy atom. The Morgan fingerprint density at radius 2 is 1.96 bits per heavy atom. The lowest BCUT2D eigenvalue weighted by molar-refractivity contribution is -0.192. The van der Waals surface area contributed by atoms with E-state index in [1.165, 1.54) is 0 Å². The van der Waals surface area contributed by atoms with E-state index in [1.54, 1.807) is 35.4 Å². The molecule has 0 saturated heterocycles. The topological polar surface area (TPSA) is 136 Å². The second-order valence-corrected chi connectivity index (χ2v) is 6.74. The summed E-state index contributed by atoms with van der Waals surface area (Å²) in [5, 5.41) is 18.1. The Morgan fingerprint density at radius 1 is 1.32 bits per heavy atom. The Labute approximate surface area is 157 Å². The highest BCUT2D eigenvalue weighted by atomic mass is 19.4. The highest BCUT2D eigenvalue weighted by Gasteiger charge is 2.46. The van der Waals surface area contributed by atoms with Crippen molar-refractivity contribution in [1.82, 2.24) is 25.1 Å². The number of carbonyl (C=O) groups is 2. The fraction of sp³-hybridized carbons (Fsp3) is 0.438. The number of rotatable bonds is 3. The molecule has 2 aromatic heterocycles. The van der Waals surface area contributed by atoms with Gasteiger partial charge in [0.15, 0.2) is 11.5 Å². The number of imidazole rings is 1. The molecule has 0 aromatic carbocycles. The second kappa shape index (κ2) is 7.92. The van der Waals surface area contributed by atoms with Gasteiger partial charge < -0.3 is 16.2 Å². The van der Waals surface area contributed by atoms with Gasteiger partial charge in [-0.25, -0.2) is 9.78 Å². The number of aliphatic carboxylic acids is 1. The largest absolute Gasteiger partial charge is 0.490 e. The maximum absolute atomic E-state index is 12.2. The van der Waals surface area contributed by atoms with Crippen LogP contribution in [0.4, 0.5) is 13.2 Å². The molecule has 0 radical (unpaired) electrons. The maximum Gasteiger partial charge on any atom is 0.490 e. The number of nitrogens with one attached hydrogen (secondary N) is 1. The normalized spacial score (nSPS) is 20.4. The minimum Gasteiger partial charge on any atom is -0.475 e. The number of hydrogen-bond donors (Lipinski definition) is 3. The Bertz CT molecular complexity index is 821. The van der Waals surface area contributed by atoms with Gasteiger partial charge in [0.1, 0.15) is 6.33 Å². The summed E-state index contributed by atoms with van der Waals surface area (Å²) in [4.78, 5) is 25.0. The third-order valence-corrected chi connectivity index (χ3v) is 4.54. The number of aromatic nitrogens is 4. The molecular formula is C16H19F3N6O3. The second-order valence-electron chi connectivity index (χ2n) is 6.74. The monoisotopic (exact) mass is 400 g/mol. The zero-order valence-electron chi connectivity index (χ0n) is 15.0. The van der Waals surface area contributed by atoms with Crippen molar-refractivity contribution in [1.29, 1.82) is 0 Å². The van der Waals surface area contributed by atoms with Crippen molar-refractivity contribution in [2.24, 2.45) is 11.1 Å². The molecule has 2 unspecified atom stereocenters. The van der Waals surface area contributed by atoms with E-state index in [1.807, 2.05) is 0 Å². The fourth-order valence-corrected chi connectivity index (χ4v) is 2.42. The minimum atomic E-state index is -5.08. The summed E-state index contributed by atoms with van der Waals surface area (Å²) in [6.07, 6.45) is 0.758. The summed E-state index contributed by atoms with van der Waals surface area (Å²) in [6, 6.07) is 3.59. The first kappa shape index (κ1) is 21.3. The van der Waals surface area contributed by atoms with Crippen molar-refractivity contribution >= 4 is 11.9 Å². The van der Waals surface area contributed by atoms with E-state index >= 15 is 0 Å². The van der Waals surface area contributed by atoms with Gasteiger partial charge in [-0.05, 0) is 18.6 Å². The molecule has 1 fully saturated rings. The van der Waals surface area contributed by atoms with Crippen molar-refractivity contribution in [3.63, 3.8) is 0 Å². The molecule has 1 aliphatic carbocycles. The van der Waals surface area contributed by atoms with E-state index in [2.05, 4.69) is 34.3 Å². The van der Waals surface area contributed by atoms with E-state index in [-0.39, 0.29) is 23.4 Å². The lowest BCUT2D eigenvalue weighted by Crippen LogP contribution is -2.64. The predicted molar refractivity (Wildman–Crippen MR) is 90.5 cm³/mol. The fourth-order valence-electron chi connectivity index (χ4n) is 2.42. The summed E-state index contributed by atoms with van der Waals surface area (Å²) in [6.45, 7) is 4.11. The number of hydrogen-bond acceptors (Lipinski definition) is 6. The Hall–Kier alpha value is -3.02. The van der Waals surface area contributed by atoms with Gasteiger partial charge in [-0.1, -0.05) is 13.8 Å². The van der Waals surface area contributed by atoms with Gasteiger partial charge in [-0.2, -0.15) is 13.2 Å². The predicted octanol–water partition coefficient (Wildman–Crippen LogP) is 1.15. The van der Waals surface area contributed by atoms with Gasteiger partial charge in [-0.3, -0.25) is 9.36 Å². The van der Waals surface area contributed by atoms with Gasteiger partial charge in [0.25, 0.3) is 5.91 Å². The zero-order valence-corrected chi connectivity index (χ0v) is 15.0. The molecule has 28 heavy (non-hydrogen) atoms. The van der Waals surface area contributed by atoms with Gasteiger partial charge in [-0.15, -0.1) is 10.2 Å². The van der Waals surface area contributed by atoms with Crippen LogP contribution in [0.1, 0.15) is 30.8 Å². The third kappa shape index (κ3) is 4.82. The van der Waals surface area contributed by atoms with Crippen LogP contribution >= 0.6 is 0 Å². The van der Waals surface area contributed by atoms with E-state index < -0.39 is 12.1 Å². The molecule has 1 aliphatic rings. The molecule has 12 heteroatoms. The van der Waals surface area contributed by atoms with E-state index in [4.69, 9.17) is 15.6 Å². The highest BCUT2D eigenvalue weighted by Crippen LogP contribution is 2.39. The minimum absolute atomic E-state index is 0.0788. The number of amides is 1. The quantitative estimate of drug-likeness (QED) is 0.703. The van der Waals surface area contributed by atoms with Crippen LogP contribution in [0.3, 0.4) is 0 Å². The van der Waals surface area contributed by atoms with Gasteiger partial charge in [0.2, 0.25) is 0 Å². The van der Waals surface area contributed by atoms with Gasteiger partial charge in [0, 0.05) is 29.9 Å². The maximum atomic E-state index is 12.2. The number of carbonyl (C=O) groups excluding carboxylic acids is 1. The smallest absolute Gasteiger partial charge is 0.475 e. The first-order valence-electron chi connectivity index (χ1n) is 8.11. The van der Waals surface area contributed by atoms with Crippen molar-refractivity contribution in [2.45, 2.75) is 38.5 Å². The number of nitrogens with two attached hydrogens (primary N) is 1. The molecule has 1 amide bonds. The molecule has 9 nitrogen and oxygen atoms in total. The molecule has 1 saturated carbocycles. The van der Waals surface area contributed by atoms with Crippen LogP contribution in [0.2, 0.25) is 0 Å². The zero-order chi connectivity index (χ0) is 21.1. The van der Waals surface area contributed by atoms with Crippen LogP contribution in [0.25, 0.3) is 5.82 Å². The molecule has 152 valence electrons. The van der Waals surface area contributed by atoms with Crippen molar-refractivity contribution in [3.05, 3.63) is 36.5 Å².